The van der Waals surface area contributed by atoms with Gasteiger partial charge in [-0.05, 0) is 18.4 Å². The van der Waals surface area contributed by atoms with Gasteiger partial charge in [-0.1, -0.05) is 25.4 Å². The molecule has 0 saturated heterocycles. The number of nitrogens with zero attached hydrogens (tertiary/aromatic N) is 1. The van der Waals surface area contributed by atoms with E-state index in [1.54, 1.807) is 0 Å². The van der Waals surface area contributed by atoms with E-state index in [-0.39, 0.29) is 16.5 Å². The van der Waals surface area contributed by atoms with Crippen LogP contribution in [0.1, 0.15) is 30.6 Å². The van der Waals surface area contributed by atoms with E-state index in [0.29, 0.717) is 6.42 Å². The summed E-state index contributed by atoms with van der Waals surface area (Å²) in [6, 6.07) is 0.535. The Hall–Kier alpha value is -1.62. The lowest BCUT2D eigenvalue weighted by Gasteiger charge is -2.16. The van der Waals surface area contributed by atoms with Gasteiger partial charge in [0.15, 0.2) is 0 Å². The number of carbonyl (C=O) groups excluding carboxylic acids is 1. The van der Waals surface area contributed by atoms with Crippen LogP contribution in [0.3, 0.4) is 0 Å². The van der Waals surface area contributed by atoms with Crippen molar-refractivity contribution in [3.8, 4) is 0 Å². The highest BCUT2D eigenvalue weighted by Gasteiger charge is 2.22. The molecule has 0 radical (unpaired) electrons. The van der Waals surface area contributed by atoms with E-state index in [1.807, 2.05) is 13.8 Å². The summed E-state index contributed by atoms with van der Waals surface area (Å²) in [7, 11) is 0. The largest absolute Gasteiger partial charge is 0.480 e. The number of hydrogen-bond acceptors (Lipinski definition) is 3. The summed E-state index contributed by atoms with van der Waals surface area (Å²) in [5.41, 5.74) is 0.224. The number of carbonyl (C=O) groups is 2. The van der Waals surface area contributed by atoms with E-state index in [9.17, 15) is 9.59 Å². The molecule has 0 spiro atoms. The van der Waals surface area contributed by atoms with Gasteiger partial charge >= 0.3 is 5.97 Å². The predicted octanol–water partition coefficient (Wildman–Crippen LogP) is 1.96. The van der Waals surface area contributed by atoms with Gasteiger partial charge in [-0.2, -0.15) is 0 Å². The van der Waals surface area contributed by atoms with Gasteiger partial charge < -0.3 is 10.4 Å². The molecule has 2 N–H and O–H groups in total. The number of carboxylic acid groups (broad SMARTS) is 1. The predicted molar refractivity (Wildman–Crippen MR) is 67.6 cm³/mol. The average molecular weight is 271 g/mol. The SMILES string of the molecule is CC(C)CC(NC(=O)c1ccncc1Cl)C(=O)O. The van der Waals surface area contributed by atoms with Crippen LogP contribution in [-0.2, 0) is 4.79 Å². The van der Waals surface area contributed by atoms with Crippen molar-refractivity contribution in [2.45, 2.75) is 26.3 Å². The first-order valence-electron chi connectivity index (χ1n) is 5.55. The van der Waals surface area contributed by atoms with Crippen LogP contribution >= 0.6 is 11.6 Å². The zero-order chi connectivity index (χ0) is 13.7. The fourth-order valence-corrected chi connectivity index (χ4v) is 1.69. The van der Waals surface area contributed by atoms with E-state index >= 15 is 0 Å². The first-order chi connectivity index (χ1) is 8.41. The van der Waals surface area contributed by atoms with Gasteiger partial charge in [0.25, 0.3) is 5.91 Å². The lowest BCUT2D eigenvalue weighted by molar-refractivity contribution is -0.139. The third-order valence-electron chi connectivity index (χ3n) is 2.33. The van der Waals surface area contributed by atoms with Crippen molar-refractivity contribution < 1.29 is 14.7 Å². The quantitative estimate of drug-likeness (QED) is 0.857. The summed E-state index contributed by atoms with van der Waals surface area (Å²) in [6.07, 6.45) is 3.14. The van der Waals surface area contributed by atoms with E-state index in [0.717, 1.165) is 0 Å². The van der Waals surface area contributed by atoms with Crippen LogP contribution < -0.4 is 5.32 Å². The number of rotatable bonds is 5. The smallest absolute Gasteiger partial charge is 0.326 e. The minimum atomic E-state index is -1.05. The van der Waals surface area contributed by atoms with E-state index in [2.05, 4.69) is 10.3 Å². The Morgan fingerprint density at radius 3 is 2.67 bits per heavy atom. The molecule has 1 amide bonds. The van der Waals surface area contributed by atoms with Gasteiger partial charge in [-0.3, -0.25) is 9.78 Å². The van der Waals surface area contributed by atoms with Crippen LogP contribution in [0.4, 0.5) is 0 Å². The highest BCUT2D eigenvalue weighted by Crippen LogP contribution is 2.14. The Morgan fingerprint density at radius 1 is 1.50 bits per heavy atom. The van der Waals surface area contributed by atoms with Gasteiger partial charge in [-0.15, -0.1) is 0 Å². The first-order valence-corrected chi connectivity index (χ1v) is 5.92. The lowest BCUT2D eigenvalue weighted by atomic mass is 10.0. The fraction of sp³-hybridized carbons (Fsp3) is 0.417. The Morgan fingerprint density at radius 2 is 2.17 bits per heavy atom. The molecule has 0 aliphatic rings. The molecule has 0 aliphatic heterocycles. The Balaban J connectivity index is 2.79. The van der Waals surface area contributed by atoms with Gasteiger partial charge in [0.1, 0.15) is 6.04 Å². The minimum absolute atomic E-state index is 0.166. The lowest BCUT2D eigenvalue weighted by Crippen LogP contribution is -2.41. The standard InChI is InChI=1S/C12H15ClN2O3/c1-7(2)5-10(12(17)18)15-11(16)8-3-4-14-6-9(8)13/h3-4,6-7,10H,5H2,1-2H3,(H,15,16)(H,17,18). The molecular formula is C12H15ClN2O3. The van der Waals surface area contributed by atoms with Crippen molar-refractivity contribution in [2.75, 3.05) is 0 Å². The average Bonchev–Trinajstić information content (AvgIpc) is 2.27. The van der Waals surface area contributed by atoms with Gasteiger partial charge in [-0.25, -0.2) is 4.79 Å². The summed E-state index contributed by atoms with van der Waals surface area (Å²) in [6.45, 7) is 3.78. The van der Waals surface area contributed by atoms with Crippen LogP contribution in [0.5, 0.6) is 0 Å². The van der Waals surface area contributed by atoms with E-state index in [4.69, 9.17) is 16.7 Å². The second-order valence-electron chi connectivity index (χ2n) is 4.35. The van der Waals surface area contributed by atoms with Crippen molar-refractivity contribution in [3.05, 3.63) is 29.0 Å². The van der Waals surface area contributed by atoms with Crippen LogP contribution in [0.2, 0.25) is 5.02 Å². The molecule has 98 valence electrons. The topological polar surface area (TPSA) is 79.3 Å². The van der Waals surface area contributed by atoms with Crippen LogP contribution in [-0.4, -0.2) is 28.0 Å². The molecule has 0 fully saturated rings. The van der Waals surface area contributed by atoms with E-state index < -0.39 is 17.9 Å². The zero-order valence-electron chi connectivity index (χ0n) is 10.2. The number of aliphatic carboxylic acids is 1. The van der Waals surface area contributed by atoms with Gasteiger partial charge in [0, 0.05) is 12.4 Å². The summed E-state index contributed by atoms with van der Waals surface area (Å²) in [5, 5.41) is 11.7. The summed E-state index contributed by atoms with van der Waals surface area (Å²) >= 11 is 5.82. The van der Waals surface area contributed by atoms with Crippen LogP contribution in [0.15, 0.2) is 18.5 Å². The molecule has 0 aliphatic carbocycles. The fourth-order valence-electron chi connectivity index (χ4n) is 1.49. The van der Waals surface area contributed by atoms with Crippen LogP contribution in [0, 0.1) is 5.92 Å². The Labute approximate surface area is 110 Å². The number of halogens is 1. The maximum absolute atomic E-state index is 11.9. The molecule has 1 unspecified atom stereocenters. The molecule has 1 rings (SSSR count). The third kappa shape index (κ3) is 4.00. The molecule has 1 heterocycles. The molecule has 0 saturated carbocycles. The first kappa shape index (κ1) is 14.4. The van der Waals surface area contributed by atoms with Gasteiger partial charge in [0.05, 0.1) is 10.6 Å². The highest BCUT2D eigenvalue weighted by atomic mass is 35.5. The minimum Gasteiger partial charge on any atom is -0.480 e. The Kier molecular flexibility index (Phi) is 5.09. The second kappa shape index (κ2) is 6.35. The normalized spacial score (nSPS) is 12.2. The van der Waals surface area contributed by atoms with Crippen LogP contribution in [0.25, 0.3) is 0 Å². The number of carboxylic acids is 1. The molecule has 1 aromatic heterocycles. The zero-order valence-corrected chi connectivity index (χ0v) is 10.9. The Bertz CT molecular complexity index is 449. The molecule has 0 bridgehead atoms. The van der Waals surface area contributed by atoms with Crippen molar-refractivity contribution in [1.82, 2.24) is 10.3 Å². The maximum Gasteiger partial charge on any atom is 0.326 e. The number of hydrogen-bond donors (Lipinski definition) is 2. The number of aromatic nitrogens is 1. The monoisotopic (exact) mass is 270 g/mol. The van der Waals surface area contributed by atoms with Crippen molar-refractivity contribution in [1.29, 1.82) is 0 Å². The van der Waals surface area contributed by atoms with Crippen molar-refractivity contribution in [3.63, 3.8) is 0 Å². The molecule has 18 heavy (non-hydrogen) atoms. The molecule has 1 atom stereocenters. The van der Waals surface area contributed by atoms with Crippen molar-refractivity contribution in [2.24, 2.45) is 5.92 Å². The molecule has 6 heteroatoms. The molecule has 0 aromatic carbocycles. The van der Waals surface area contributed by atoms with E-state index in [1.165, 1.54) is 18.5 Å². The van der Waals surface area contributed by atoms with Gasteiger partial charge in [0.2, 0.25) is 0 Å². The van der Waals surface area contributed by atoms with Crippen molar-refractivity contribution >= 4 is 23.5 Å². The highest BCUT2D eigenvalue weighted by molar-refractivity contribution is 6.33. The maximum atomic E-state index is 11.9. The molecule has 1 aromatic rings. The summed E-state index contributed by atoms with van der Waals surface area (Å²) in [5.74, 6) is -1.39. The number of amides is 1. The number of nitrogens with one attached hydrogen (secondary N) is 1. The molecular weight excluding hydrogens is 256 g/mol. The number of pyridine rings is 1. The molecule has 5 nitrogen and oxygen atoms in total. The second-order valence-corrected chi connectivity index (χ2v) is 4.76. The third-order valence-corrected chi connectivity index (χ3v) is 2.63. The summed E-state index contributed by atoms with van der Waals surface area (Å²) < 4.78 is 0. The summed E-state index contributed by atoms with van der Waals surface area (Å²) in [4.78, 5) is 26.7.